The van der Waals surface area contributed by atoms with Crippen LogP contribution in [0, 0.1) is 0 Å². The van der Waals surface area contributed by atoms with Gasteiger partial charge in [0.25, 0.3) is 0 Å². The zero-order valence-corrected chi connectivity index (χ0v) is 9.33. The van der Waals surface area contributed by atoms with E-state index in [1.54, 1.807) is 15.3 Å². The molecule has 0 bridgehead atoms. The molecule has 1 saturated heterocycles. The van der Waals surface area contributed by atoms with Gasteiger partial charge in [-0.3, -0.25) is 0 Å². The number of nitrogens with one attached hydrogen (secondary N) is 1. The fraction of sp³-hybridized carbons (Fsp3) is 0.667. The van der Waals surface area contributed by atoms with E-state index in [9.17, 15) is 0 Å². The molecular weight excluding hydrogens is 190 g/mol. The van der Waals surface area contributed by atoms with E-state index in [1.807, 2.05) is 0 Å². The molecule has 2 heterocycles. The van der Waals surface area contributed by atoms with E-state index in [2.05, 4.69) is 22.7 Å². The Bertz CT molecular complexity index is 302. The largest absolute Gasteiger partial charge is 0.314 e. The molecule has 0 radical (unpaired) electrons. The van der Waals surface area contributed by atoms with Gasteiger partial charge in [-0.1, -0.05) is 0 Å². The van der Waals surface area contributed by atoms with Crippen molar-refractivity contribution < 1.29 is 0 Å². The average molecular weight is 207 g/mol. The Morgan fingerprint density at radius 1 is 1.36 bits per heavy atom. The van der Waals surface area contributed by atoms with Gasteiger partial charge in [-0.25, -0.2) is 0 Å². The van der Waals surface area contributed by atoms with E-state index in [0.29, 0.717) is 0 Å². The maximum absolute atomic E-state index is 3.58. The van der Waals surface area contributed by atoms with Gasteiger partial charge in [-0.2, -0.15) is 0 Å². The highest BCUT2D eigenvalue weighted by Gasteiger charge is 2.19. The van der Waals surface area contributed by atoms with Crippen LogP contribution in [-0.2, 0) is 19.3 Å². The van der Waals surface area contributed by atoms with Gasteiger partial charge in [0, 0.05) is 15.8 Å². The summed E-state index contributed by atoms with van der Waals surface area (Å²) < 4.78 is 0. The number of fused-ring (bicyclic) bond motifs is 1. The van der Waals surface area contributed by atoms with Gasteiger partial charge < -0.3 is 5.32 Å². The van der Waals surface area contributed by atoms with Crippen LogP contribution in [0.1, 0.15) is 34.6 Å². The molecule has 2 heteroatoms. The number of rotatable bonds is 2. The van der Waals surface area contributed by atoms with Crippen LogP contribution in [0.3, 0.4) is 0 Å². The van der Waals surface area contributed by atoms with Crippen LogP contribution in [0.25, 0.3) is 0 Å². The zero-order valence-electron chi connectivity index (χ0n) is 8.51. The summed E-state index contributed by atoms with van der Waals surface area (Å²) in [5.74, 6) is 0. The lowest BCUT2D eigenvalue weighted by molar-refractivity contribution is 0.607. The molecule has 0 amide bonds. The van der Waals surface area contributed by atoms with E-state index in [4.69, 9.17) is 0 Å². The maximum Gasteiger partial charge on any atom is 0.0116 e. The van der Waals surface area contributed by atoms with Gasteiger partial charge in [0.1, 0.15) is 0 Å². The maximum atomic E-state index is 3.58. The normalized spacial score (nSPS) is 25.6. The molecule has 76 valence electrons. The predicted octanol–water partition coefficient (Wildman–Crippen LogP) is 2.53. The van der Waals surface area contributed by atoms with Crippen molar-refractivity contribution in [2.75, 3.05) is 6.54 Å². The lowest BCUT2D eigenvalue weighted by Crippen LogP contribution is -2.23. The minimum absolute atomic E-state index is 0.772. The minimum atomic E-state index is 0.772. The molecule has 0 aromatic carbocycles. The van der Waals surface area contributed by atoms with Gasteiger partial charge in [0.2, 0.25) is 0 Å². The highest BCUT2D eigenvalue weighted by Crippen LogP contribution is 2.31. The summed E-state index contributed by atoms with van der Waals surface area (Å²) in [4.78, 5) is 3.30. The van der Waals surface area contributed by atoms with Gasteiger partial charge in [0.05, 0.1) is 0 Å². The highest BCUT2D eigenvalue weighted by atomic mass is 32.1. The van der Waals surface area contributed by atoms with Crippen molar-refractivity contribution in [2.45, 2.75) is 44.6 Å². The summed E-state index contributed by atoms with van der Waals surface area (Å²) in [7, 11) is 0. The number of thiophene rings is 1. The summed E-state index contributed by atoms with van der Waals surface area (Å²) in [5.41, 5.74) is 1.66. The highest BCUT2D eigenvalue weighted by molar-refractivity contribution is 7.12. The van der Waals surface area contributed by atoms with Crippen LogP contribution in [0.5, 0.6) is 0 Å². The Labute approximate surface area is 89.5 Å². The second kappa shape index (κ2) is 3.67. The molecule has 3 rings (SSSR count). The van der Waals surface area contributed by atoms with Crippen LogP contribution < -0.4 is 5.32 Å². The first-order valence-electron chi connectivity index (χ1n) is 5.75. The zero-order chi connectivity index (χ0) is 9.38. The third-order valence-corrected chi connectivity index (χ3v) is 4.67. The molecule has 1 N–H and O–H groups in total. The predicted molar refractivity (Wildman–Crippen MR) is 61.1 cm³/mol. The topological polar surface area (TPSA) is 12.0 Å². The molecule has 1 aromatic rings. The third-order valence-electron chi connectivity index (χ3n) is 3.41. The fourth-order valence-electron chi connectivity index (χ4n) is 2.67. The third kappa shape index (κ3) is 1.61. The molecule has 1 aromatic heterocycles. The lowest BCUT2D eigenvalue weighted by atomic mass is 10.1. The summed E-state index contributed by atoms with van der Waals surface area (Å²) in [6.07, 6.45) is 8.10. The average Bonchev–Trinajstić information content (AvgIpc) is 2.78. The summed E-state index contributed by atoms with van der Waals surface area (Å²) in [6.45, 7) is 1.23. The van der Waals surface area contributed by atoms with E-state index in [1.165, 1.54) is 45.1 Å². The Morgan fingerprint density at radius 2 is 2.36 bits per heavy atom. The van der Waals surface area contributed by atoms with Crippen LogP contribution in [0.15, 0.2) is 6.07 Å². The molecule has 1 fully saturated rings. The molecule has 1 aliphatic carbocycles. The standard InChI is InChI=1S/C12H17NS/c1-3-9-7-11(14-12(9)5-1)8-10-4-2-6-13-10/h7,10,13H,1-6,8H2. The fourth-order valence-corrected chi connectivity index (χ4v) is 4.01. The van der Waals surface area contributed by atoms with Crippen molar-refractivity contribution in [2.24, 2.45) is 0 Å². The van der Waals surface area contributed by atoms with Crippen LogP contribution >= 0.6 is 11.3 Å². The van der Waals surface area contributed by atoms with E-state index < -0.39 is 0 Å². The Morgan fingerprint density at radius 3 is 3.14 bits per heavy atom. The number of hydrogen-bond acceptors (Lipinski definition) is 2. The van der Waals surface area contributed by atoms with Crippen molar-refractivity contribution in [1.29, 1.82) is 0 Å². The van der Waals surface area contributed by atoms with Gasteiger partial charge in [-0.15, -0.1) is 11.3 Å². The Hall–Kier alpha value is -0.340. The van der Waals surface area contributed by atoms with Crippen LogP contribution in [0.4, 0.5) is 0 Å². The first-order chi connectivity index (χ1) is 6.92. The summed E-state index contributed by atoms with van der Waals surface area (Å²) in [5, 5.41) is 3.58. The molecule has 1 unspecified atom stereocenters. The molecule has 1 nitrogen and oxygen atoms in total. The second-order valence-electron chi connectivity index (χ2n) is 4.51. The van der Waals surface area contributed by atoms with Gasteiger partial charge in [0.15, 0.2) is 0 Å². The van der Waals surface area contributed by atoms with E-state index >= 15 is 0 Å². The molecule has 14 heavy (non-hydrogen) atoms. The molecule has 1 aliphatic heterocycles. The molecule has 0 spiro atoms. The molecular formula is C12H17NS. The first kappa shape index (κ1) is 8.93. The van der Waals surface area contributed by atoms with E-state index in [0.717, 1.165) is 6.04 Å². The number of hydrogen-bond donors (Lipinski definition) is 1. The van der Waals surface area contributed by atoms with Crippen LogP contribution in [-0.4, -0.2) is 12.6 Å². The van der Waals surface area contributed by atoms with Crippen LogP contribution in [0.2, 0.25) is 0 Å². The van der Waals surface area contributed by atoms with Crippen molar-refractivity contribution in [1.82, 2.24) is 5.32 Å². The first-order valence-corrected chi connectivity index (χ1v) is 6.57. The van der Waals surface area contributed by atoms with Crippen molar-refractivity contribution in [3.05, 3.63) is 21.4 Å². The quantitative estimate of drug-likeness (QED) is 0.786. The SMILES string of the molecule is c1c(CC2CCCN2)sc2c1CCC2. The van der Waals surface area contributed by atoms with Gasteiger partial charge >= 0.3 is 0 Å². The smallest absolute Gasteiger partial charge is 0.0116 e. The lowest BCUT2D eigenvalue weighted by Gasteiger charge is -2.07. The van der Waals surface area contributed by atoms with Gasteiger partial charge in [-0.05, 0) is 56.7 Å². The summed E-state index contributed by atoms with van der Waals surface area (Å²) >= 11 is 2.07. The number of aryl methyl sites for hydroxylation is 2. The van der Waals surface area contributed by atoms with Crippen molar-refractivity contribution in [3.63, 3.8) is 0 Å². The molecule has 2 aliphatic rings. The van der Waals surface area contributed by atoms with Crippen molar-refractivity contribution >= 4 is 11.3 Å². The minimum Gasteiger partial charge on any atom is -0.314 e. The Kier molecular flexibility index (Phi) is 2.34. The second-order valence-corrected chi connectivity index (χ2v) is 5.73. The monoisotopic (exact) mass is 207 g/mol. The summed E-state index contributed by atoms with van der Waals surface area (Å²) in [6, 6.07) is 3.24. The van der Waals surface area contributed by atoms with E-state index in [-0.39, 0.29) is 0 Å². The Balaban J connectivity index is 1.71. The molecule has 1 atom stereocenters. The van der Waals surface area contributed by atoms with Crippen molar-refractivity contribution in [3.8, 4) is 0 Å². The molecule has 0 saturated carbocycles.